The van der Waals surface area contributed by atoms with E-state index in [4.69, 9.17) is 0 Å². The smallest absolute Gasteiger partial charge is 0.327 e. The van der Waals surface area contributed by atoms with E-state index in [9.17, 15) is 29.7 Å². The van der Waals surface area contributed by atoms with E-state index in [1.165, 1.54) is 62.3 Å². The number of hydrogen-bond donors (Lipinski definition) is 4. The molecule has 5 unspecified atom stereocenters. The van der Waals surface area contributed by atoms with Crippen LogP contribution >= 0.6 is 11.8 Å². The summed E-state index contributed by atoms with van der Waals surface area (Å²) in [7, 11) is 0. The van der Waals surface area contributed by atoms with Crippen molar-refractivity contribution in [1.82, 2.24) is 10.2 Å². The van der Waals surface area contributed by atoms with Crippen molar-refractivity contribution >= 4 is 29.7 Å². The summed E-state index contributed by atoms with van der Waals surface area (Å²) in [5.74, 6) is 0.804. The Labute approximate surface area is 234 Å². The summed E-state index contributed by atoms with van der Waals surface area (Å²) in [5.41, 5.74) is 1.29. The Morgan fingerprint density at radius 2 is 1.55 bits per heavy atom. The standard InChI is InChI=1S/C29H52N2O6S/c1-20(2)9-6-10-21(3)11-7-12-22(4)13-8-14-23(5)15-16-38-19-25(27(33)34)30-29(37)31-18-24(32)17-26(31)28(35)36/h15,20-22,24-26,32H,6-14,16-19H2,1-5H3,(H,30,37)(H,33,34)(H,35,36)/b23-15+. The highest BCUT2D eigenvalue weighted by atomic mass is 32.2. The van der Waals surface area contributed by atoms with E-state index in [1.807, 2.05) is 0 Å². The molecule has 8 nitrogen and oxygen atoms in total. The van der Waals surface area contributed by atoms with Crippen LogP contribution in [0.15, 0.2) is 11.6 Å². The highest BCUT2D eigenvalue weighted by Gasteiger charge is 2.40. The van der Waals surface area contributed by atoms with Gasteiger partial charge in [0.15, 0.2) is 0 Å². The van der Waals surface area contributed by atoms with Crippen LogP contribution in [-0.2, 0) is 9.59 Å². The fourth-order valence-corrected chi connectivity index (χ4v) is 5.88. The molecule has 1 aliphatic heterocycles. The van der Waals surface area contributed by atoms with Gasteiger partial charge in [0.1, 0.15) is 12.1 Å². The summed E-state index contributed by atoms with van der Waals surface area (Å²) in [6, 6.07) is -3.06. The first-order valence-electron chi connectivity index (χ1n) is 14.3. The number of thioether (sulfide) groups is 1. The van der Waals surface area contributed by atoms with Gasteiger partial charge >= 0.3 is 18.0 Å². The molecular weight excluding hydrogens is 504 g/mol. The summed E-state index contributed by atoms with van der Waals surface area (Å²) < 4.78 is 0. The van der Waals surface area contributed by atoms with Crippen LogP contribution < -0.4 is 5.32 Å². The van der Waals surface area contributed by atoms with Crippen molar-refractivity contribution in [1.29, 1.82) is 0 Å². The Morgan fingerprint density at radius 1 is 0.974 bits per heavy atom. The molecule has 0 aromatic rings. The van der Waals surface area contributed by atoms with E-state index in [0.29, 0.717) is 5.75 Å². The van der Waals surface area contributed by atoms with Gasteiger partial charge in [-0.3, -0.25) is 0 Å². The summed E-state index contributed by atoms with van der Waals surface area (Å²) >= 11 is 1.41. The molecular formula is C29H52N2O6S. The predicted molar refractivity (Wildman–Crippen MR) is 155 cm³/mol. The van der Waals surface area contributed by atoms with Crippen LogP contribution in [0.2, 0.25) is 0 Å². The van der Waals surface area contributed by atoms with Crippen LogP contribution in [0.1, 0.15) is 98.8 Å². The van der Waals surface area contributed by atoms with Gasteiger partial charge in [0, 0.05) is 24.5 Å². The summed E-state index contributed by atoms with van der Waals surface area (Å²) in [4.78, 5) is 36.4. The molecule has 0 saturated carbocycles. The molecule has 38 heavy (non-hydrogen) atoms. The number of nitrogens with zero attached hydrogens (tertiary/aromatic N) is 1. The number of nitrogens with one attached hydrogen (secondary N) is 1. The van der Waals surface area contributed by atoms with E-state index in [2.05, 4.69) is 46.0 Å². The molecule has 220 valence electrons. The molecule has 1 rings (SSSR count). The zero-order chi connectivity index (χ0) is 28.7. The number of aliphatic hydroxyl groups is 1. The average molecular weight is 557 g/mol. The van der Waals surface area contributed by atoms with Crippen LogP contribution in [-0.4, -0.2) is 74.4 Å². The Kier molecular flexibility index (Phi) is 16.7. The van der Waals surface area contributed by atoms with E-state index in [1.54, 1.807) is 0 Å². The number of β-amino-alcohol motifs (C(OH)–C–C–N with tert-alkyl or cyclic N) is 1. The monoisotopic (exact) mass is 556 g/mol. The first-order chi connectivity index (χ1) is 17.9. The van der Waals surface area contributed by atoms with Crippen LogP contribution in [0.25, 0.3) is 0 Å². The number of hydrogen-bond acceptors (Lipinski definition) is 5. The quantitative estimate of drug-likeness (QED) is 0.117. The van der Waals surface area contributed by atoms with Crippen molar-refractivity contribution in [3.05, 3.63) is 11.6 Å². The molecule has 1 heterocycles. The number of aliphatic carboxylic acids is 2. The fraction of sp³-hybridized carbons (Fsp3) is 0.828. The fourth-order valence-electron chi connectivity index (χ4n) is 4.88. The van der Waals surface area contributed by atoms with Crippen molar-refractivity contribution in [3.8, 4) is 0 Å². The van der Waals surface area contributed by atoms with Crippen molar-refractivity contribution in [2.24, 2.45) is 17.8 Å². The van der Waals surface area contributed by atoms with E-state index < -0.39 is 36.2 Å². The lowest BCUT2D eigenvalue weighted by Gasteiger charge is -2.24. The average Bonchev–Trinajstić information content (AvgIpc) is 3.22. The van der Waals surface area contributed by atoms with Gasteiger partial charge in [-0.2, -0.15) is 11.8 Å². The minimum atomic E-state index is -1.21. The molecule has 9 heteroatoms. The molecule has 2 amide bonds. The summed E-state index contributed by atoms with van der Waals surface area (Å²) in [6.45, 7) is 11.3. The number of rotatable bonds is 19. The van der Waals surface area contributed by atoms with Crippen LogP contribution in [0.3, 0.4) is 0 Å². The van der Waals surface area contributed by atoms with Gasteiger partial charge in [-0.1, -0.05) is 84.3 Å². The number of urea groups is 1. The first kappa shape index (κ1) is 34.3. The lowest BCUT2D eigenvalue weighted by atomic mass is 9.91. The van der Waals surface area contributed by atoms with Gasteiger partial charge in [-0.05, 0) is 37.5 Å². The number of carboxylic acid groups (broad SMARTS) is 2. The third kappa shape index (κ3) is 14.4. The Balaban J connectivity index is 2.26. The van der Waals surface area contributed by atoms with Gasteiger partial charge in [0.25, 0.3) is 0 Å². The molecule has 1 saturated heterocycles. The van der Waals surface area contributed by atoms with Crippen LogP contribution in [0, 0.1) is 17.8 Å². The minimum absolute atomic E-state index is 0.0597. The van der Waals surface area contributed by atoms with Gasteiger partial charge in [-0.25, -0.2) is 14.4 Å². The second kappa shape index (κ2) is 18.5. The van der Waals surface area contributed by atoms with E-state index >= 15 is 0 Å². The molecule has 0 spiro atoms. The maximum absolute atomic E-state index is 12.5. The van der Waals surface area contributed by atoms with Crippen molar-refractivity contribution in [2.45, 2.75) is 117 Å². The maximum Gasteiger partial charge on any atom is 0.327 e. The zero-order valence-corrected chi connectivity index (χ0v) is 25.0. The summed E-state index contributed by atoms with van der Waals surface area (Å²) in [5, 5.41) is 30.9. The van der Waals surface area contributed by atoms with Crippen molar-refractivity contribution in [2.75, 3.05) is 18.1 Å². The number of amides is 2. The largest absolute Gasteiger partial charge is 0.480 e. The lowest BCUT2D eigenvalue weighted by Crippen LogP contribution is -2.52. The number of carbonyl (C=O) groups is 3. The van der Waals surface area contributed by atoms with Gasteiger partial charge in [0.05, 0.1) is 6.10 Å². The molecule has 0 radical (unpaired) electrons. The molecule has 0 bridgehead atoms. The number of aliphatic hydroxyl groups excluding tert-OH is 1. The van der Waals surface area contributed by atoms with Crippen LogP contribution in [0.4, 0.5) is 4.79 Å². The number of allylic oxidation sites excluding steroid dienone is 1. The van der Waals surface area contributed by atoms with Gasteiger partial charge in [0.2, 0.25) is 0 Å². The molecule has 1 aliphatic rings. The van der Waals surface area contributed by atoms with E-state index in [-0.39, 0.29) is 18.7 Å². The maximum atomic E-state index is 12.5. The molecule has 1 fully saturated rings. The topological polar surface area (TPSA) is 127 Å². The number of carboxylic acids is 2. The summed E-state index contributed by atoms with van der Waals surface area (Å²) in [6.07, 6.45) is 12.5. The number of carbonyl (C=O) groups excluding carboxylic acids is 1. The molecule has 0 aromatic heterocycles. The van der Waals surface area contributed by atoms with Crippen LogP contribution in [0.5, 0.6) is 0 Å². The Hall–Kier alpha value is -1.74. The van der Waals surface area contributed by atoms with E-state index in [0.717, 1.165) is 35.5 Å². The minimum Gasteiger partial charge on any atom is -0.480 e. The Bertz CT molecular complexity index is 759. The second-order valence-corrected chi connectivity index (χ2v) is 12.8. The highest BCUT2D eigenvalue weighted by molar-refractivity contribution is 7.99. The molecule has 0 aliphatic carbocycles. The normalized spacial score (nSPS) is 20.4. The van der Waals surface area contributed by atoms with Gasteiger partial charge in [-0.15, -0.1) is 0 Å². The number of likely N-dealkylation sites (tertiary alicyclic amines) is 1. The first-order valence-corrected chi connectivity index (χ1v) is 15.5. The SMILES string of the molecule is C/C(=C\CSCC(NC(=O)N1CC(O)CC1C(=O)O)C(=O)O)CCCC(C)CCCC(C)CCCC(C)C. The van der Waals surface area contributed by atoms with Gasteiger partial charge < -0.3 is 25.5 Å². The molecule has 4 N–H and O–H groups in total. The third-order valence-electron chi connectivity index (χ3n) is 7.40. The van der Waals surface area contributed by atoms with Crippen molar-refractivity contribution in [3.63, 3.8) is 0 Å². The molecule has 0 aromatic carbocycles. The predicted octanol–water partition coefficient (Wildman–Crippen LogP) is 5.79. The van der Waals surface area contributed by atoms with Crippen molar-refractivity contribution < 1.29 is 29.7 Å². The zero-order valence-electron chi connectivity index (χ0n) is 24.2. The Morgan fingerprint density at radius 3 is 2.11 bits per heavy atom. The lowest BCUT2D eigenvalue weighted by molar-refractivity contribution is -0.141. The molecule has 5 atom stereocenters. The second-order valence-electron chi connectivity index (χ2n) is 11.7. The third-order valence-corrected chi connectivity index (χ3v) is 8.37. The highest BCUT2D eigenvalue weighted by Crippen LogP contribution is 2.22.